The fourth-order valence-electron chi connectivity index (χ4n) is 2.35. The average molecular weight is 375 g/mol. The van der Waals surface area contributed by atoms with E-state index in [4.69, 9.17) is 16.3 Å². The van der Waals surface area contributed by atoms with Crippen LogP contribution in [0.15, 0.2) is 58.8 Å². The molecule has 1 aromatic heterocycles. The van der Waals surface area contributed by atoms with Crippen molar-refractivity contribution in [2.45, 2.75) is 11.8 Å². The summed E-state index contributed by atoms with van der Waals surface area (Å²) in [6.07, 6.45) is 0. The van der Waals surface area contributed by atoms with E-state index in [9.17, 15) is 4.39 Å². The number of nitrogens with zero attached hydrogens (tertiary/aromatic N) is 4. The summed E-state index contributed by atoms with van der Waals surface area (Å²) in [4.78, 5) is 0. The lowest BCUT2D eigenvalue weighted by molar-refractivity contribution is 0.275. The van der Waals surface area contributed by atoms with Crippen LogP contribution in [0.2, 0.25) is 5.02 Å². The van der Waals surface area contributed by atoms with Crippen LogP contribution in [-0.2, 0) is 6.61 Å². The monoisotopic (exact) mass is 374 g/mol. The van der Waals surface area contributed by atoms with Crippen LogP contribution in [-0.4, -0.2) is 26.3 Å². The molecule has 0 amide bonds. The molecule has 0 saturated carbocycles. The number of benzene rings is 2. The second-order valence-corrected chi connectivity index (χ2v) is 6.65. The molecule has 0 atom stereocenters. The maximum Gasteiger partial charge on any atom is 0.212 e. The van der Waals surface area contributed by atoms with Gasteiger partial charge in [-0.3, -0.25) is 0 Å². The molecule has 2 heterocycles. The first-order valence-electron chi connectivity index (χ1n) is 7.49. The summed E-state index contributed by atoms with van der Waals surface area (Å²) in [6.45, 7) is 0.0753. The van der Waals surface area contributed by atoms with Crippen molar-refractivity contribution in [1.29, 1.82) is 0 Å². The van der Waals surface area contributed by atoms with Gasteiger partial charge in [-0.15, -0.1) is 10.2 Å². The fourth-order valence-corrected chi connectivity index (χ4v) is 3.33. The van der Waals surface area contributed by atoms with E-state index < -0.39 is 5.82 Å². The molecule has 0 saturated heterocycles. The number of thioether (sulfide) groups is 1. The van der Waals surface area contributed by atoms with E-state index in [1.54, 1.807) is 22.9 Å². The Bertz CT molecular complexity index is 942. The summed E-state index contributed by atoms with van der Waals surface area (Å²) in [5.41, 5.74) is 1.87. The summed E-state index contributed by atoms with van der Waals surface area (Å²) < 4.78 is 20.8. The molecular formula is C17H12ClFN4OS. The van der Waals surface area contributed by atoms with Crippen molar-refractivity contribution in [1.82, 2.24) is 14.9 Å². The quantitative estimate of drug-likeness (QED) is 0.692. The highest BCUT2D eigenvalue weighted by Crippen LogP contribution is 2.25. The van der Waals surface area contributed by atoms with Gasteiger partial charge in [0.1, 0.15) is 6.61 Å². The number of halogens is 2. The number of hydrogen-bond acceptors (Lipinski definition) is 5. The van der Waals surface area contributed by atoms with Crippen LogP contribution in [0.25, 0.3) is 0 Å². The van der Waals surface area contributed by atoms with Gasteiger partial charge >= 0.3 is 0 Å². The van der Waals surface area contributed by atoms with E-state index in [0.29, 0.717) is 21.8 Å². The van der Waals surface area contributed by atoms with Gasteiger partial charge in [-0.1, -0.05) is 47.6 Å². The van der Waals surface area contributed by atoms with Crippen molar-refractivity contribution in [3.8, 4) is 5.75 Å². The van der Waals surface area contributed by atoms with Gasteiger partial charge in [-0.25, -0.2) is 4.39 Å². The smallest absolute Gasteiger partial charge is 0.212 e. The molecule has 25 heavy (non-hydrogen) atoms. The van der Waals surface area contributed by atoms with Crippen molar-refractivity contribution in [3.05, 3.63) is 70.8 Å². The van der Waals surface area contributed by atoms with Crippen LogP contribution in [0.5, 0.6) is 5.75 Å². The molecule has 0 N–H and O–H groups in total. The molecule has 4 rings (SSSR count). The number of ether oxygens (including phenoxy) is 1. The third-order valence-electron chi connectivity index (χ3n) is 3.61. The highest BCUT2D eigenvalue weighted by Gasteiger charge is 2.20. The minimum absolute atomic E-state index is 0.0753. The molecule has 0 aliphatic carbocycles. The van der Waals surface area contributed by atoms with Crippen molar-refractivity contribution in [2.75, 3.05) is 5.75 Å². The van der Waals surface area contributed by atoms with E-state index in [0.717, 1.165) is 11.3 Å². The summed E-state index contributed by atoms with van der Waals surface area (Å²) in [6, 6.07) is 13.7. The van der Waals surface area contributed by atoms with Gasteiger partial charge < -0.3 is 4.74 Å². The first-order chi connectivity index (χ1) is 12.2. The number of hydrogen-bond donors (Lipinski definition) is 0. The molecule has 2 aromatic carbocycles. The molecule has 126 valence electrons. The fraction of sp³-hybridized carbons (Fsp3) is 0.118. The van der Waals surface area contributed by atoms with Crippen LogP contribution in [0.3, 0.4) is 0 Å². The normalized spacial score (nSPS) is 13.3. The Kier molecular flexibility index (Phi) is 4.42. The van der Waals surface area contributed by atoms with Crippen LogP contribution in [0.1, 0.15) is 11.4 Å². The molecule has 3 aromatic rings. The topological polar surface area (TPSA) is 52.3 Å². The number of para-hydroxylation sites is 1. The number of aromatic nitrogens is 3. The second-order valence-electron chi connectivity index (χ2n) is 5.27. The Morgan fingerprint density at radius 1 is 1.12 bits per heavy atom. The van der Waals surface area contributed by atoms with E-state index in [-0.39, 0.29) is 12.4 Å². The van der Waals surface area contributed by atoms with Gasteiger partial charge in [0.2, 0.25) is 5.16 Å². The average Bonchev–Trinajstić information content (AvgIpc) is 3.04. The van der Waals surface area contributed by atoms with Crippen molar-refractivity contribution in [2.24, 2.45) is 5.10 Å². The van der Waals surface area contributed by atoms with Crippen LogP contribution < -0.4 is 4.74 Å². The predicted octanol–water partition coefficient (Wildman–Crippen LogP) is 4.01. The highest BCUT2D eigenvalue weighted by atomic mass is 35.5. The third-order valence-corrected chi connectivity index (χ3v) is 4.79. The zero-order valence-corrected chi connectivity index (χ0v) is 14.5. The molecule has 0 spiro atoms. The lowest BCUT2D eigenvalue weighted by Gasteiger charge is -2.14. The standard InChI is InChI=1S/C17H12ClFN4OS/c18-12-7-5-11(6-8-12)14-10-25-17-21-20-16(23(17)22-14)9-24-15-4-2-1-3-13(15)19/h1-8H,9-10H2. The van der Waals surface area contributed by atoms with E-state index in [1.807, 2.05) is 24.3 Å². The summed E-state index contributed by atoms with van der Waals surface area (Å²) >= 11 is 7.47. The van der Waals surface area contributed by atoms with E-state index >= 15 is 0 Å². The van der Waals surface area contributed by atoms with E-state index in [2.05, 4.69) is 15.3 Å². The summed E-state index contributed by atoms with van der Waals surface area (Å²) in [5, 5.41) is 14.2. The number of rotatable bonds is 4. The van der Waals surface area contributed by atoms with Gasteiger partial charge in [-0.2, -0.15) is 9.78 Å². The van der Waals surface area contributed by atoms with E-state index in [1.165, 1.54) is 17.8 Å². The molecule has 0 fully saturated rings. The second kappa shape index (κ2) is 6.85. The first kappa shape index (κ1) is 16.1. The molecular weight excluding hydrogens is 363 g/mol. The third kappa shape index (κ3) is 3.38. The van der Waals surface area contributed by atoms with Crippen molar-refractivity contribution in [3.63, 3.8) is 0 Å². The van der Waals surface area contributed by atoms with Gasteiger partial charge in [-0.05, 0) is 29.8 Å². The maximum absolute atomic E-state index is 13.7. The minimum Gasteiger partial charge on any atom is -0.482 e. The molecule has 0 bridgehead atoms. The maximum atomic E-state index is 13.7. The van der Waals surface area contributed by atoms with Gasteiger partial charge in [0.15, 0.2) is 17.4 Å². The Morgan fingerprint density at radius 3 is 2.72 bits per heavy atom. The Hall–Kier alpha value is -2.38. The molecule has 8 heteroatoms. The van der Waals surface area contributed by atoms with Gasteiger partial charge in [0.05, 0.1) is 5.71 Å². The largest absolute Gasteiger partial charge is 0.482 e. The lowest BCUT2D eigenvalue weighted by Crippen LogP contribution is -2.15. The van der Waals surface area contributed by atoms with Crippen molar-refractivity contribution >= 4 is 29.1 Å². The van der Waals surface area contributed by atoms with Crippen molar-refractivity contribution < 1.29 is 9.13 Å². The molecule has 0 radical (unpaired) electrons. The molecule has 1 aliphatic rings. The highest BCUT2D eigenvalue weighted by molar-refractivity contribution is 7.99. The zero-order chi connectivity index (χ0) is 17.2. The first-order valence-corrected chi connectivity index (χ1v) is 8.85. The van der Waals surface area contributed by atoms with Crippen LogP contribution in [0.4, 0.5) is 4.39 Å². The number of fused-ring (bicyclic) bond motifs is 1. The Labute approximate surface area is 152 Å². The minimum atomic E-state index is -0.416. The summed E-state index contributed by atoms with van der Waals surface area (Å²) in [5.74, 6) is 0.955. The van der Waals surface area contributed by atoms with Gasteiger partial charge in [0, 0.05) is 10.8 Å². The Morgan fingerprint density at radius 2 is 1.92 bits per heavy atom. The Balaban J connectivity index is 1.59. The zero-order valence-electron chi connectivity index (χ0n) is 12.9. The van der Waals surface area contributed by atoms with Crippen LogP contribution >= 0.6 is 23.4 Å². The molecule has 5 nitrogen and oxygen atoms in total. The molecule has 1 aliphatic heterocycles. The SMILES string of the molecule is Fc1ccccc1OCc1nnc2n1N=C(c1ccc(Cl)cc1)CS2. The van der Waals surface area contributed by atoms with Crippen LogP contribution in [0, 0.1) is 5.82 Å². The lowest BCUT2D eigenvalue weighted by atomic mass is 10.1. The summed E-state index contributed by atoms with van der Waals surface area (Å²) in [7, 11) is 0. The predicted molar refractivity (Wildman–Crippen MR) is 94.9 cm³/mol. The van der Waals surface area contributed by atoms with Gasteiger partial charge in [0.25, 0.3) is 0 Å². The molecule has 0 unspecified atom stereocenters.